The van der Waals surface area contributed by atoms with Crippen molar-refractivity contribution in [1.82, 2.24) is 5.43 Å². The van der Waals surface area contributed by atoms with Crippen LogP contribution < -0.4 is 15.1 Å². The van der Waals surface area contributed by atoms with Crippen LogP contribution in [0.15, 0.2) is 77.9 Å². The molecular weight excluding hydrogens is 386 g/mol. The van der Waals surface area contributed by atoms with Gasteiger partial charge in [0.1, 0.15) is 12.4 Å². The summed E-state index contributed by atoms with van der Waals surface area (Å²) in [7, 11) is 3.90. The second-order valence-electron chi connectivity index (χ2n) is 6.62. The van der Waals surface area contributed by atoms with Gasteiger partial charge < -0.3 is 9.64 Å². The highest BCUT2D eigenvalue weighted by Crippen LogP contribution is 2.15. The summed E-state index contributed by atoms with van der Waals surface area (Å²) in [6, 6.07) is 22.3. The number of benzene rings is 3. The SMILES string of the molecule is CN(C)c1ccc(C(=O)N/N=C/c2ccc(OCc3ccc(Cl)cc3)cc2)cc1. The molecule has 0 spiro atoms. The molecule has 0 bridgehead atoms. The Labute approximate surface area is 175 Å². The van der Waals surface area contributed by atoms with Gasteiger partial charge >= 0.3 is 0 Å². The highest BCUT2D eigenvalue weighted by molar-refractivity contribution is 6.30. The maximum atomic E-state index is 12.1. The number of carbonyl (C=O) groups excluding carboxylic acids is 1. The van der Waals surface area contributed by atoms with Crippen LogP contribution in [0.5, 0.6) is 5.75 Å². The minimum atomic E-state index is -0.255. The smallest absolute Gasteiger partial charge is 0.271 e. The summed E-state index contributed by atoms with van der Waals surface area (Å²) >= 11 is 5.88. The van der Waals surface area contributed by atoms with E-state index in [9.17, 15) is 4.79 Å². The first-order valence-corrected chi connectivity index (χ1v) is 9.47. The van der Waals surface area contributed by atoms with E-state index in [-0.39, 0.29) is 5.91 Å². The first-order chi connectivity index (χ1) is 14.0. The molecule has 0 aliphatic carbocycles. The van der Waals surface area contributed by atoms with Crippen molar-refractivity contribution in [2.24, 2.45) is 5.10 Å². The lowest BCUT2D eigenvalue weighted by molar-refractivity contribution is 0.0955. The van der Waals surface area contributed by atoms with E-state index in [0.29, 0.717) is 17.2 Å². The molecule has 0 atom stereocenters. The van der Waals surface area contributed by atoms with Crippen molar-refractivity contribution in [1.29, 1.82) is 0 Å². The Morgan fingerprint density at radius 1 is 1.00 bits per heavy atom. The van der Waals surface area contributed by atoms with Crippen LogP contribution in [0.2, 0.25) is 5.02 Å². The number of hydrogen-bond acceptors (Lipinski definition) is 4. The molecule has 0 radical (unpaired) electrons. The molecule has 0 unspecified atom stereocenters. The van der Waals surface area contributed by atoms with Crippen molar-refractivity contribution in [3.8, 4) is 5.75 Å². The van der Waals surface area contributed by atoms with Gasteiger partial charge in [-0.3, -0.25) is 4.79 Å². The second kappa shape index (κ2) is 9.75. The lowest BCUT2D eigenvalue weighted by Gasteiger charge is -2.12. The fourth-order valence-corrected chi connectivity index (χ4v) is 2.66. The maximum Gasteiger partial charge on any atom is 0.271 e. The number of carbonyl (C=O) groups is 1. The van der Waals surface area contributed by atoms with Gasteiger partial charge in [-0.1, -0.05) is 23.7 Å². The molecule has 3 rings (SSSR count). The molecule has 3 aromatic rings. The predicted molar refractivity (Wildman–Crippen MR) is 118 cm³/mol. The molecule has 0 saturated heterocycles. The summed E-state index contributed by atoms with van der Waals surface area (Å²) < 4.78 is 5.75. The molecule has 5 nitrogen and oxygen atoms in total. The van der Waals surface area contributed by atoms with Crippen molar-refractivity contribution in [3.05, 3.63) is 94.5 Å². The summed E-state index contributed by atoms with van der Waals surface area (Å²) in [5, 5.41) is 4.72. The lowest BCUT2D eigenvalue weighted by atomic mass is 10.2. The maximum absolute atomic E-state index is 12.1. The van der Waals surface area contributed by atoms with Gasteiger partial charge in [0.05, 0.1) is 6.21 Å². The standard InChI is InChI=1S/C23H22ClN3O2/c1-27(2)21-11-7-19(8-12-21)23(28)26-25-15-17-5-13-22(14-6-17)29-16-18-3-9-20(24)10-4-18/h3-15H,16H2,1-2H3,(H,26,28)/b25-15+. The molecule has 29 heavy (non-hydrogen) atoms. The van der Waals surface area contributed by atoms with Crippen molar-refractivity contribution in [3.63, 3.8) is 0 Å². The van der Waals surface area contributed by atoms with E-state index in [1.54, 1.807) is 18.3 Å². The van der Waals surface area contributed by atoms with Crippen molar-refractivity contribution in [2.75, 3.05) is 19.0 Å². The van der Waals surface area contributed by atoms with Gasteiger partial charge in [-0.05, 0) is 71.8 Å². The number of ether oxygens (including phenoxy) is 1. The highest BCUT2D eigenvalue weighted by atomic mass is 35.5. The summed E-state index contributed by atoms with van der Waals surface area (Å²) in [5.41, 5.74) is 6.02. The van der Waals surface area contributed by atoms with Gasteiger partial charge in [-0.2, -0.15) is 5.10 Å². The molecule has 0 aromatic heterocycles. The highest BCUT2D eigenvalue weighted by Gasteiger charge is 2.04. The lowest BCUT2D eigenvalue weighted by Crippen LogP contribution is -2.17. The third-order valence-electron chi connectivity index (χ3n) is 4.22. The zero-order chi connectivity index (χ0) is 20.6. The van der Waals surface area contributed by atoms with Crippen molar-refractivity contribution < 1.29 is 9.53 Å². The fraction of sp³-hybridized carbons (Fsp3) is 0.130. The van der Waals surface area contributed by atoms with E-state index in [4.69, 9.17) is 16.3 Å². The van der Waals surface area contributed by atoms with Crippen LogP contribution in [0.1, 0.15) is 21.5 Å². The van der Waals surface area contributed by atoms with Gasteiger partial charge in [0, 0.05) is 30.4 Å². The molecule has 0 saturated carbocycles. The average molecular weight is 408 g/mol. The Bertz CT molecular complexity index is 967. The van der Waals surface area contributed by atoms with Crippen LogP contribution in [0, 0.1) is 0 Å². The molecule has 1 N–H and O–H groups in total. The number of nitrogens with zero attached hydrogens (tertiary/aromatic N) is 2. The minimum Gasteiger partial charge on any atom is -0.489 e. The number of amides is 1. The third kappa shape index (κ3) is 6.09. The molecule has 6 heteroatoms. The summed E-state index contributed by atoms with van der Waals surface area (Å²) in [5.74, 6) is 0.497. The second-order valence-corrected chi connectivity index (χ2v) is 7.06. The van der Waals surface area contributed by atoms with Gasteiger partial charge in [-0.25, -0.2) is 5.43 Å². The molecule has 1 amide bonds. The predicted octanol–water partition coefficient (Wildman–Crippen LogP) is 4.75. The first kappa shape index (κ1) is 20.4. The number of hydrogen-bond donors (Lipinski definition) is 1. The van der Waals surface area contributed by atoms with E-state index < -0.39 is 0 Å². The molecule has 0 aliphatic heterocycles. The largest absolute Gasteiger partial charge is 0.489 e. The van der Waals surface area contributed by atoms with Gasteiger partial charge in [0.2, 0.25) is 0 Å². The number of nitrogens with one attached hydrogen (secondary N) is 1. The zero-order valence-corrected chi connectivity index (χ0v) is 17.1. The summed E-state index contributed by atoms with van der Waals surface area (Å²) in [6.07, 6.45) is 1.59. The van der Waals surface area contributed by atoms with Crippen LogP contribution in [-0.4, -0.2) is 26.2 Å². The van der Waals surface area contributed by atoms with Crippen molar-refractivity contribution in [2.45, 2.75) is 6.61 Å². The van der Waals surface area contributed by atoms with Gasteiger partial charge in [0.25, 0.3) is 5.91 Å². The molecule has 0 aliphatic rings. The zero-order valence-electron chi connectivity index (χ0n) is 16.3. The summed E-state index contributed by atoms with van der Waals surface area (Å²) in [6.45, 7) is 0.466. The van der Waals surface area contributed by atoms with E-state index in [1.807, 2.05) is 79.7 Å². The van der Waals surface area contributed by atoms with Crippen LogP contribution in [0.4, 0.5) is 5.69 Å². The van der Waals surface area contributed by atoms with E-state index >= 15 is 0 Å². The third-order valence-corrected chi connectivity index (χ3v) is 4.48. The van der Waals surface area contributed by atoms with Crippen molar-refractivity contribution >= 4 is 29.4 Å². The molecule has 0 heterocycles. The molecule has 3 aromatic carbocycles. The Morgan fingerprint density at radius 3 is 2.28 bits per heavy atom. The summed E-state index contributed by atoms with van der Waals surface area (Å²) in [4.78, 5) is 14.1. The number of halogens is 1. The first-order valence-electron chi connectivity index (χ1n) is 9.09. The Hall–Kier alpha value is -3.31. The Balaban J connectivity index is 1.50. The van der Waals surface area contributed by atoms with Crippen LogP contribution in [-0.2, 0) is 6.61 Å². The topological polar surface area (TPSA) is 53.9 Å². The Morgan fingerprint density at radius 2 is 1.66 bits per heavy atom. The van der Waals surface area contributed by atoms with Crippen LogP contribution in [0.25, 0.3) is 0 Å². The average Bonchev–Trinajstić information content (AvgIpc) is 2.74. The number of anilines is 1. The normalized spacial score (nSPS) is 10.7. The number of rotatable bonds is 7. The van der Waals surface area contributed by atoms with Gasteiger partial charge in [0.15, 0.2) is 0 Å². The Kier molecular flexibility index (Phi) is 6.87. The molecular formula is C23H22ClN3O2. The van der Waals surface area contributed by atoms with Gasteiger partial charge in [-0.15, -0.1) is 0 Å². The van der Waals surface area contributed by atoms with E-state index in [0.717, 1.165) is 22.6 Å². The minimum absolute atomic E-state index is 0.255. The number of hydrazone groups is 1. The monoisotopic (exact) mass is 407 g/mol. The van der Waals surface area contributed by atoms with E-state index in [2.05, 4.69) is 10.5 Å². The van der Waals surface area contributed by atoms with Crippen LogP contribution >= 0.6 is 11.6 Å². The molecule has 148 valence electrons. The van der Waals surface area contributed by atoms with Crippen LogP contribution in [0.3, 0.4) is 0 Å². The quantitative estimate of drug-likeness (QED) is 0.454. The fourth-order valence-electron chi connectivity index (χ4n) is 2.54. The van der Waals surface area contributed by atoms with E-state index in [1.165, 1.54) is 0 Å². The molecule has 0 fully saturated rings.